The summed E-state index contributed by atoms with van der Waals surface area (Å²) in [5, 5.41) is 23.2. The van der Waals surface area contributed by atoms with E-state index in [4.69, 9.17) is 4.74 Å². The lowest BCUT2D eigenvalue weighted by molar-refractivity contribution is 0.0136. The van der Waals surface area contributed by atoms with Gasteiger partial charge in [-0.15, -0.1) is 0 Å². The van der Waals surface area contributed by atoms with E-state index in [0.717, 1.165) is 12.0 Å². The summed E-state index contributed by atoms with van der Waals surface area (Å²) in [5.41, 5.74) is 2.84. The molecule has 5 heteroatoms. The molecule has 2 unspecified atom stereocenters. The van der Waals surface area contributed by atoms with Gasteiger partial charge in [-0.05, 0) is 36.0 Å². The Kier molecular flexibility index (Phi) is 10.2. The average molecular weight is 400 g/mol. The zero-order valence-electron chi connectivity index (χ0n) is 17.2. The van der Waals surface area contributed by atoms with Crippen LogP contribution in [0.5, 0.6) is 0 Å². The van der Waals surface area contributed by atoms with Gasteiger partial charge in [0, 0.05) is 6.54 Å². The van der Waals surface area contributed by atoms with Crippen molar-refractivity contribution in [3.8, 4) is 0 Å². The average Bonchev–Trinajstić information content (AvgIpc) is 2.76. The Morgan fingerprint density at radius 3 is 2.38 bits per heavy atom. The first kappa shape index (κ1) is 22.9. The summed E-state index contributed by atoms with van der Waals surface area (Å²) in [6.07, 6.45) is 3.69. The first-order chi connectivity index (χ1) is 14.1. The second kappa shape index (κ2) is 13.0. The number of benzene rings is 2. The van der Waals surface area contributed by atoms with Crippen LogP contribution in [-0.2, 0) is 17.8 Å². The Hall–Kier alpha value is -2.37. The molecule has 3 N–H and O–H groups in total. The van der Waals surface area contributed by atoms with E-state index in [0.29, 0.717) is 5.56 Å². The van der Waals surface area contributed by atoms with Crippen LogP contribution in [-0.4, -0.2) is 29.0 Å². The molecule has 2 rings (SSSR count). The number of ether oxygens (including phenoxy) is 1. The lowest BCUT2D eigenvalue weighted by Gasteiger charge is -2.18. The van der Waals surface area contributed by atoms with Crippen LogP contribution in [0.15, 0.2) is 54.6 Å². The molecule has 0 aliphatic heterocycles. The number of aryl methyl sites for hydroxylation is 1. The maximum absolute atomic E-state index is 11.7. The number of nitrogens with one attached hydrogen (secondary N) is 1. The van der Waals surface area contributed by atoms with Crippen molar-refractivity contribution in [2.45, 2.75) is 64.3 Å². The van der Waals surface area contributed by atoms with Crippen LogP contribution in [0.3, 0.4) is 0 Å². The normalized spacial score (nSPS) is 12.9. The molecule has 0 radical (unpaired) electrons. The van der Waals surface area contributed by atoms with Crippen molar-refractivity contribution in [2.24, 2.45) is 0 Å². The number of carbonyl (C=O) groups excluding carboxylic acids is 1. The molecule has 2 aromatic rings. The summed E-state index contributed by atoms with van der Waals surface area (Å²) in [7, 11) is 0. The molecule has 0 saturated heterocycles. The highest BCUT2D eigenvalue weighted by molar-refractivity contribution is 5.67. The summed E-state index contributed by atoms with van der Waals surface area (Å²) < 4.78 is 5.12. The SMILES string of the molecule is CCCCCCc1ccc(C(O)C(O)CCNC(=O)OCc2ccccc2)cc1. The minimum atomic E-state index is -0.980. The van der Waals surface area contributed by atoms with Crippen molar-refractivity contribution >= 4 is 6.09 Å². The standard InChI is InChI=1S/C24H33NO4/c1-2-3-4-6-9-19-12-14-21(15-13-19)23(27)22(26)16-17-25-24(28)29-18-20-10-7-5-8-11-20/h5,7-8,10-15,22-23,26-27H,2-4,6,9,16-18H2,1H3,(H,25,28). The smallest absolute Gasteiger partial charge is 0.407 e. The number of aliphatic hydroxyl groups excluding tert-OH is 2. The molecule has 0 saturated carbocycles. The number of unbranched alkanes of at least 4 members (excludes halogenated alkanes) is 3. The lowest BCUT2D eigenvalue weighted by Crippen LogP contribution is -2.29. The minimum absolute atomic E-state index is 0.197. The fraction of sp³-hybridized carbons (Fsp3) is 0.458. The Balaban J connectivity index is 1.67. The van der Waals surface area contributed by atoms with E-state index in [1.54, 1.807) is 0 Å². The second-order valence-corrected chi connectivity index (χ2v) is 7.34. The van der Waals surface area contributed by atoms with Gasteiger partial charge in [0.1, 0.15) is 12.7 Å². The third-order valence-electron chi connectivity index (χ3n) is 4.93. The number of rotatable bonds is 12. The van der Waals surface area contributed by atoms with E-state index in [9.17, 15) is 15.0 Å². The van der Waals surface area contributed by atoms with Crippen LogP contribution in [0.2, 0.25) is 0 Å². The third kappa shape index (κ3) is 8.67. The number of carbonyl (C=O) groups is 1. The third-order valence-corrected chi connectivity index (χ3v) is 4.93. The van der Waals surface area contributed by atoms with Gasteiger partial charge in [-0.2, -0.15) is 0 Å². The molecule has 2 atom stereocenters. The molecule has 0 aliphatic rings. The number of alkyl carbamates (subject to hydrolysis) is 1. The summed E-state index contributed by atoms with van der Waals surface area (Å²) in [5.74, 6) is 0. The first-order valence-corrected chi connectivity index (χ1v) is 10.5. The molecular weight excluding hydrogens is 366 g/mol. The summed E-state index contributed by atoms with van der Waals surface area (Å²) in [6.45, 7) is 2.62. The molecule has 0 heterocycles. The molecule has 1 amide bonds. The Bertz CT molecular complexity index is 703. The molecule has 0 bridgehead atoms. The quantitative estimate of drug-likeness (QED) is 0.459. The lowest BCUT2D eigenvalue weighted by atomic mass is 9.99. The number of hydrogen-bond donors (Lipinski definition) is 3. The molecule has 5 nitrogen and oxygen atoms in total. The molecule has 158 valence electrons. The highest BCUT2D eigenvalue weighted by Gasteiger charge is 2.18. The van der Waals surface area contributed by atoms with E-state index in [-0.39, 0.29) is 19.6 Å². The van der Waals surface area contributed by atoms with Crippen LogP contribution < -0.4 is 5.32 Å². The van der Waals surface area contributed by atoms with Crippen LogP contribution in [0.4, 0.5) is 4.79 Å². The first-order valence-electron chi connectivity index (χ1n) is 10.5. The maximum Gasteiger partial charge on any atom is 0.407 e. The van der Waals surface area contributed by atoms with E-state index < -0.39 is 18.3 Å². The van der Waals surface area contributed by atoms with Crippen LogP contribution in [0.1, 0.15) is 61.8 Å². The zero-order valence-corrected chi connectivity index (χ0v) is 17.2. The predicted octanol–water partition coefficient (Wildman–Crippen LogP) is 4.52. The van der Waals surface area contributed by atoms with Gasteiger partial charge in [-0.1, -0.05) is 80.8 Å². The van der Waals surface area contributed by atoms with Crippen LogP contribution in [0, 0.1) is 0 Å². The minimum Gasteiger partial charge on any atom is -0.445 e. The van der Waals surface area contributed by atoms with Gasteiger partial charge >= 0.3 is 6.09 Å². The zero-order chi connectivity index (χ0) is 20.9. The topological polar surface area (TPSA) is 78.8 Å². The molecular formula is C24H33NO4. The monoisotopic (exact) mass is 399 g/mol. The van der Waals surface area contributed by atoms with Gasteiger partial charge < -0.3 is 20.3 Å². The van der Waals surface area contributed by atoms with Crippen molar-refractivity contribution in [3.63, 3.8) is 0 Å². The van der Waals surface area contributed by atoms with E-state index in [2.05, 4.69) is 12.2 Å². The van der Waals surface area contributed by atoms with E-state index in [1.807, 2.05) is 54.6 Å². The van der Waals surface area contributed by atoms with Crippen molar-refractivity contribution in [1.29, 1.82) is 0 Å². The van der Waals surface area contributed by atoms with Crippen molar-refractivity contribution in [1.82, 2.24) is 5.32 Å². The number of aliphatic hydroxyl groups is 2. The second-order valence-electron chi connectivity index (χ2n) is 7.34. The molecule has 0 fully saturated rings. The Morgan fingerprint density at radius 1 is 0.966 bits per heavy atom. The van der Waals surface area contributed by atoms with E-state index in [1.165, 1.54) is 31.2 Å². The van der Waals surface area contributed by atoms with Crippen molar-refractivity contribution in [3.05, 3.63) is 71.3 Å². The van der Waals surface area contributed by atoms with Crippen molar-refractivity contribution < 1.29 is 19.7 Å². The summed E-state index contributed by atoms with van der Waals surface area (Å²) in [6, 6.07) is 17.2. The van der Waals surface area contributed by atoms with Gasteiger partial charge in [-0.3, -0.25) is 0 Å². The fourth-order valence-electron chi connectivity index (χ4n) is 3.11. The highest BCUT2D eigenvalue weighted by atomic mass is 16.5. The maximum atomic E-state index is 11.7. The largest absolute Gasteiger partial charge is 0.445 e. The highest BCUT2D eigenvalue weighted by Crippen LogP contribution is 2.20. The molecule has 0 aromatic heterocycles. The van der Waals surface area contributed by atoms with Crippen molar-refractivity contribution in [2.75, 3.05) is 6.54 Å². The van der Waals surface area contributed by atoms with Gasteiger partial charge in [0.2, 0.25) is 0 Å². The number of amides is 1. The van der Waals surface area contributed by atoms with Gasteiger partial charge in [0.15, 0.2) is 0 Å². The number of hydrogen-bond acceptors (Lipinski definition) is 4. The molecule has 0 aliphatic carbocycles. The molecule has 0 spiro atoms. The Labute approximate surface area is 173 Å². The van der Waals surface area contributed by atoms with Gasteiger partial charge in [0.25, 0.3) is 0 Å². The van der Waals surface area contributed by atoms with Gasteiger partial charge in [0.05, 0.1) is 6.10 Å². The van der Waals surface area contributed by atoms with Crippen LogP contribution in [0.25, 0.3) is 0 Å². The summed E-state index contributed by atoms with van der Waals surface area (Å²) >= 11 is 0. The molecule has 29 heavy (non-hydrogen) atoms. The fourth-order valence-corrected chi connectivity index (χ4v) is 3.11. The predicted molar refractivity (Wildman–Crippen MR) is 115 cm³/mol. The van der Waals surface area contributed by atoms with Gasteiger partial charge in [-0.25, -0.2) is 4.79 Å². The molecule has 2 aromatic carbocycles. The summed E-state index contributed by atoms with van der Waals surface area (Å²) in [4.78, 5) is 11.7. The van der Waals surface area contributed by atoms with Crippen LogP contribution >= 0.6 is 0 Å². The van der Waals surface area contributed by atoms with E-state index >= 15 is 0 Å². The Morgan fingerprint density at radius 2 is 1.69 bits per heavy atom.